The van der Waals surface area contributed by atoms with E-state index in [1.54, 1.807) is 11.9 Å². The summed E-state index contributed by atoms with van der Waals surface area (Å²) in [6.07, 6.45) is 2.03. The smallest absolute Gasteiger partial charge is 0.317 e. The van der Waals surface area contributed by atoms with Gasteiger partial charge in [-0.25, -0.2) is 4.79 Å². The molecule has 0 bridgehead atoms. The zero-order chi connectivity index (χ0) is 8.85. The SMILES string of the molecule is CCC(CC)N(C)C(=O)NC. The molecule has 0 rings (SSSR count). The third-order valence-electron chi connectivity index (χ3n) is 2.02. The Morgan fingerprint density at radius 1 is 1.45 bits per heavy atom. The molecule has 1 N–H and O–H groups in total. The fourth-order valence-corrected chi connectivity index (χ4v) is 1.18. The Balaban J connectivity index is 3.97. The fraction of sp³-hybridized carbons (Fsp3) is 0.875. The first kappa shape index (κ1) is 10.3. The maximum atomic E-state index is 11.1. The zero-order valence-electron chi connectivity index (χ0n) is 7.85. The fourth-order valence-electron chi connectivity index (χ4n) is 1.18. The molecule has 0 aromatic heterocycles. The molecule has 3 heteroatoms. The molecule has 0 radical (unpaired) electrons. The number of carbonyl (C=O) groups excluding carboxylic acids is 1. The van der Waals surface area contributed by atoms with Crippen molar-refractivity contribution in [2.45, 2.75) is 32.7 Å². The lowest BCUT2D eigenvalue weighted by atomic mass is 10.1. The van der Waals surface area contributed by atoms with Crippen molar-refractivity contribution < 1.29 is 4.79 Å². The molecule has 66 valence electrons. The van der Waals surface area contributed by atoms with Gasteiger partial charge < -0.3 is 10.2 Å². The van der Waals surface area contributed by atoms with E-state index < -0.39 is 0 Å². The van der Waals surface area contributed by atoms with Gasteiger partial charge in [-0.3, -0.25) is 0 Å². The summed E-state index contributed by atoms with van der Waals surface area (Å²) in [5.74, 6) is 0. The van der Waals surface area contributed by atoms with Crippen LogP contribution in [0.15, 0.2) is 0 Å². The minimum absolute atomic E-state index is 0.00120. The summed E-state index contributed by atoms with van der Waals surface area (Å²) >= 11 is 0. The summed E-state index contributed by atoms with van der Waals surface area (Å²) in [5.41, 5.74) is 0. The van der Waals surface area contributed by atoms with E-state index >= 15 is 0 Å². The lowest BCUT2D eigenvalue weighted by molar-refractivity contribution is 0.189. The van der Waals surface area contributed by atoms with E-state index in [2.05, 4.69) is 19.2 Å². The number of carbonyl (C=O) groups is 1. The van der Waals surface area contributed by atoms with Gasteiger partial charge in [-0.15, -0.1) is 0 Å². The van der Waals surface area contributed by atoms with Crippen molar-refractivity contribution in [1.82, 2.24) is 10.2 Å². The zero-order valence-corrected chi connectivity index (χ0v) is 7.85. The maximum Gasteiger partial charge on any atom is 0.317 e. The lowest BCUT2D eigenvalue weighted by Crippen LogP contribution is -2.41. The average Bonchev–Trinajstić information content (AvgIpc) is 2.05. The highest BCUT2D eigenvalue weighted by Crippen LogP contribution is 2.05. The van der Waals surface area contributed by atoms with Crippen molar-refractivity contribution in [2.75, 3.05) is 14.1 Å². The van der Waals surface area contributed by atoms with Crippen LogP contribution in [0.25, 0.3) is 0 Å². The Morgan fingerprint density at radius 2 is 1.91 bits per heavy atom. The quantitative estimate of drug-likeness (QED) is 0.662. The summed E-state index contributed by atoms with van der Waals surface area (Å²) in [6.45, 7) is 4.18. The summed E-state index contributed by atoms with van der Waals surface area (Å²) in [6, 6.07) is 0.369. The van der Waals surface area contributed by atoms with Crippen molar-refractivity contribution in [2.24, 2.45) is 0 Å². The maximum absolute atomic E-state index is 11.1. The van der Waals surface area contributed by atoms with E-state index in [0.717, 1.165) is 12.8 Å². The van der Waals surface area contributed by atoms with Gasteiger partial charge in [-0.1, -0.05) is 13.8 Å². The second kappa shape index (κ2) is 4.99. The van der Waals surface area contributed by atoms with Crippen LogP contribution in [0.3, 0.4) is 0 Å². The van der Waals surface area contributed by atoms with Crippen molar-refractivity contribution >= 4 is 6.03 Å². The van der Waals surface area contributed by atoms with Crippen molar-refractivity contribution in [3.05, 3.63) is 0 Å². The summed E-state index contributed by atoms with van der Waals surface area (Å²) < 4.78 is 0. The summed E-state index contributed by atoms with van der Waals surface area (Å²) in [7, 11) is 3.48. The van der Waals surface area contributed by atoms with Crippen LogP contribution in [0.2, 0.25) is 0 Å². The summed E-state index contributed by atoms with van der Waals surface area (Å²) in [4.78, 5) is 12.8. The van der Waals surface area contributed by atoms with Gasteiger partial charge in [-0.2, -0.15) is 0 Å². The van der Waals surface area contributed by atoms with Crippen LogP contribution >= 0.6 is 0 Å². The van der Waals surface area contributed by atoms with E-state index in [9.17, 15) is 4.79 Å². The highest BCUT2D eigenvalue weighted by Gasteiger charge is 2.14. The minimum atomic E-state index is -0.00120. The molecular weight excluding hydrogens is 140 g/mol. The molecule has 0 fully saturated rings. The number of rotatable bonds is 3. The molecule has 0 aliphatic rings. The van der Waals surface area contributed by atoms with Gasteiger partial charge >= 0.3 is 6.03 Å². The number of hydrogen-bond donors (Lipinski definition) is 1. The minimum Gasteiger partial charge on any atom is -0.341 e. The number of hydrogen-bond acceptors (Lipinski definition) is 1. The van der Waals surface area contributed by atoms with Gasteiger partial charge in [0.25, 0.3) is 0 Å². The number of amides is 2. The van der Waals surface area contributed by atoms with Crippen LogP contribution in [0.1, 0.15) is 26.7 Å². The Labute approximate surface area is 68.8 Å². The molecule has 11 heavy (non-hydrogen) atoms. The molecule has 3 nitrogen and oxygen atoms in total. The van der Waals surface area contributed by atoms with Gasteiger partial charge in [0.1, 0.15) is 0 Å². The van der Waals surface area contributed by atoms with Gasteiger partial charge in [0.2, 0.25) is 0 Å². The number of urea groups is 1. The van der Waals surface area contributed by atoms with Crippen LogP contribution < -0.4 is 5.32 Å². The molecule has 0 saturated heterocycles. The molecule has 0 aliphatic heterocycles. The Kier molecular flexibility index (Phi) is 4.66. The standard InChI is InChI=1S/C8H18N2O/c1-5-7(6-2)10(4)8(11)9-3/h7H,5-6H2,1-4H3,(H,9,11). The van der Waals surface area contributed by atoms with E-state index in [0.29, 0.717) is 6.04 Å². The second-order valence-electron chi connectivity index (χ2n) is 2.64. The first-order valence-corrected chi connectivity index (χ1v) is 4.11. The van der Waals surface area contributed by atoms with E-state index in [1.807, 2.05) is 7.05 Å². The predicted molar refractivity (Wildman–Crippen MR) is 46.6 cm³/mol. The molecule has 0 unspecified atom stereocenters. The monoisotopic (exact) mass is 158 g/mol. The van der Waals surface area contributed by atoms with Crippen LogP contribution in [0.4, 0.5) is 4.79 Å². The topological polar surface area (TPSA) is 32.3 Å². The number of nitrogens with zero attached hydrogens (tertiary/aromatic N) is 1. The van der Waals surface area contributed by atoms with Gasteiger partial charge in [0, 0.05) is 20.1 Å². The van der Waals surface area contributed by atoms with E-state index in [-0.39, 0.29) is 6.03 Å². The highest BCUT2D eigenvalue weighted by molar-refractivity contribution is 5.73. The van der Waals surface area contributed by atoms with Gasteiger partial charge in [0.05, 0.1) is 0 Å². The molecule has 0 aromatic carbocycles. The van der Waals surface area contributed by atoms with Crippen molar-refractivity contribution in [3.63, 3.8) is 0 Å². The molecule has 0 aromatic rings. The number of nitrogens with one attached hydrogen (secondary N) is 1. The Hall–Kier alpha value is -0.730. The van der Waals surface area contributed by atoms with Gasteiger partial charge in [-0.05, 0) is 12.8 Å². The average molecular weight is 158 g/mol. The summed E-state index contributed by atoms with van der Waals surface area (Å²) in [5, 5.41) is 2.60. The molecule has 0 spiro atoms. The van der Waals surface area contributed by atoms with Crippen LogP contribution in [-0.4, -0.2) is 31.1 Å². The molecule has 2 amide bonds. The molecular formula is C8H18N2O. The third kappa shape index (κ3) is 2.78. The van der Waals surface area contributed by atoms with Crippen LogP contribution in [0, 0.1) is 0 Å². The molecule has 0 atom stereocenters. The first-order chi connectivity index (χ1) is 5.17. The lowest BCUT2D eigenvalue weighted by Gasteiger charge is -2.25. The first-order valence-electron chi connectivity index (χ1n) is 4.11. The predicted octanol–water partition coefficient (Wildman–Crippen LogP) is 1.45. The van der Waals surface area contributed by atoms with Gasteiger partial charge in [0.15, 0.2) is 0 Å². The Bertz CT molecular complexity index is 121. The largest absolute Gasteiger partial charge is 0.341 e. The normalized spacial score (nSPS) is 9.91. The van der Waals surface area contributed by atoms with Crippen molar-refractivity contribution in [1.29, 1.82) is 0 Å². The highest BCUT2D eigenvalue weighted by atomic mass is 16.2. The van der Waals surface area contributed by atoms with E-state index in [1.165, 1.54) is 0 Å². The Morgan fingerprint density at radius 3 is 2.18 bits per heavy atom. The molecule has 0 heterocycles. The van der Waals surface area contributed by atoms with E-state index in [4.69, 9.17) is 0 Å². The van der Waals surface area contributed by atoms with Crippen molar-refractivity contribution in [3.8, 4) is 0 Å². The third-order valence-corrected chi connectivity index (χ3v) is 2.02. The van der Waals surface area contributed by atoms with Crippen LogP contribution in [-0.2, 0) is 0 Å². The second-order valence-corrected chi connectivity index (χ2v) is 2.64. The molecule has 0 aliphatic carbocycles. The molecule has 0 saturated carbocycles. The van der Waals surface area contributed by atoms with Crippen LogP contribution in [0.5, 0.6) is 0 Å².